The van der Waals surface area contributed by atoms with Gasteiger partial charge in [-0.1, -0.05) is 11.6 Å². The predicted octanol–water partition coefficient (Wildman–Crippen LogP) is 3.05. The first-order valence-electron chi connectivity index (χ1n) is 8.79. The summed E-state index contributed by atoms with van der Waals surface area (Å²) in [7, 11) is 1.31. The number of nitro benzene ring substituents is 1. The number of rotatable bonds is 8. The van der Waals surface area contributed by atoms with Crippen LogP contribution in [0.25, 0.3) is 0 Å². The third-order valence-corrected chi connectivity index (χ3v) is 3.90. The second-order valence-corrected chi connectivity index (χ2v) is 6.26. The molecule has 11 nitrogen and oxygen atoms in total. The fourth-order valence-electron chi connectivity index (χ4n) is 2.30. The Kier molecular flexibility index (Phi) is 8.15. The van der Waals surface area contributed by atoms with Gasteiger partial charge in [-0.2, -0.15) is 0 Å². The number of imide groups is 1. The van der Waals surface area contributed by atoms with Gasteiger partial charge in [0.05, 0.1) is 17.6 Å². The molecule has 12 heteroatoms. The van der Waals surface area contributed by atoms with E-state index in [9.17, 15) is 24.5 Å². The van der Waals surface area contributed by atoms with E-state index in [1.165, 1.54) is 37.4 Å². The second kappa shape index (κ2) is 10.8. The van der Waals surface area contributed by atoms with Gasteiger partial charge in [-0.15, -0.1) is 0 Å². The van der Waals surface area contributed by atoms with Crippen molar-refractivity contribution in [3.05, 3.63) is 57.1 Å². The molecule has 2 rings (SSSR count). The lowest BCUT2D eigenvalue weighted by molar-refractivity contribution is -0.385. The van der Waals surface area contributed by atoms with Crippen LogP contribution in [-0.4, -0.2) is 43.1 Å². The summed E-state index contributed by atoms with van der Waals surface area (Å²) in [5.41, 5.74) is -0.322. The minimum atomic E-state index is -0.853. The van der Waals surface area contributed by atoms with Crippen molar-refractivity contribution in [1.82, 2.24) is 10.6 Å². The number of benzene rings is 2. The van der Waals surface area contributed by atoms with Crippen molar-refractivity contribution in [2.75, 3.05) is 20.3 Å². The zero-order valence-corrected chi connectivity index (χ0v) is 17.2. The third-order valence-electron chi connectivity index (χ3n) is 3.66. The van der Waals surface area contributed by atoms with E-state index < -0.39 is 29.4 Å². The van der Waals surface area contributed by atoms with E-state index in [4.69, 9.17) is 25.8 Å². The quantitative estimate of drug-likeness (QED) is 0.353. The van der Waals surface area contributed by atoms with Crippen molar-refractivity contribution in [1.29, 1.82) is 0 Å². The number of amides is 3. The summed E-state index contributed by atoms with van der Waals surface area (Å²) in [6.07, 6.45) is 0. The molecular weight excluding hydrogens is 434 g/mol. The SMILES string of the molecule is CCNC(=O)NC(=O)COC(=O)c1ccc(Oc2ccc(Cl)cc2[N+](=O)[O-])c(OC)c1. The normalized spacial score (nSPS) is 10.0. The lowest BCUT2D eigenvalue weighted by atomic mass is 10.2. The maximum atomic E-state index is 12.2. The molecule has 0 saturated carbocycles. The van der Waals surface area contributed by atoms with Crippen LogP contribution >= 0.6 is 11.6 Å². The molecule has 0 aliphatic heterocycles. The van der Waals surface area contributed by atoms with Crippen molar-refractivity contribution in [2.24, 2.45) is 0 Å². The van der Waals surface area contributed by atoms with Crippen molar-refractivity contribution in [2.45, 2.75) is 6.92 Å². The third kappa shape index (κ3) is 6.57. The van der Waals surface area contributed by atoms with Crippen molar-refractivity contribution >= 4 is 35.2 Å². The zero-order valence-electron chi connectivity index (χ0n) is 16.5. The standard InChI is InChI=1S/C19H18ClN3O8/c1-3-21-19(26)22-17(24)10-30-18(25)11-4-6-15(16(8-11)29-2)31-14-7-5-12(20)9-13(14)23(27)28/h4-9H,3,10H2,1-2H3,(H2,21,22,24,26). The van der Waals surface area contributed by atoms with Gasteiger partial charge in [0, 0.05) is 17.6 Å². The molecule has 2 aromatic rings. The molecule has 0 heterocycles. The summed E-state index contributed by atoms with van der Waals surface area (Å²) in [4.78, 5) is 45.6. The number of carbonyl (C=O) groups is 3. The maximum absolute atomic E-state index is 12.2. The summed E-state index contributed by atoms with van der Waals surface area (Å²) in [6, 6.07) is 7.14. The molecule has 0 aromatic heterocycles. The van der Waals surface area contributed by atoms with Gasteiger partial charge in [0.2, 0.25) is 5.75 Å². The minimum Gasteiger partial charge on any atom is -0.493 e. The Morgan fingerprint density at radius 2 is 1.81 bits per heavy atom. The summed E-state index contributed by atoms with van der Waals surface area (Å²) < 4.78 is 15.6. The lowest BCUT2D eigenvalue weighted by Crippen LogP contribution is -2.41. The Morgan fingerprint density at radius 3 is 2.45 bits per heavy atom. The van der Waals surface area contributed by atoms with Gasteiger partial charge in [-0.25, -0.2) is 9.59 Å². The van der Waals surface area contributed by atoms with E-state index in [0.717, 1.165) is 6.07 Å². The Balaban J connectivity index is 2.11. The summed E-state index contributed by atoms with van der Waals surface area (Å²) in [6.45, 7) is 1.33. The van der Waals surface area contributed by atoms with Crippen molar-refractivity contribution in [3.63, 3.8) is 0 Å². The van der Waals surface area contributed by atoms with Gasteiger partial charge in [0.1, 0.15) is 0 Å². The van der Waals surface area contributed by atoms with Crippen LogP contribution in [0.1, 0.15) is 17.3 Å². The highest BCUT2D eigenvalue weighted by Crippen LogP contribution is 2.37. The van der Waals surface area contributed by atoms with Gasteiger partial charge in [-0.3, -0.25) is 20.2 Å². The topological polar surface area (TPSA) is 146 Å². The van der Waals surface area contributed by atoms with Crippen molar-refractivity contribution < 1.29 is 33.5 Å². The van der Waals surface area contributed by atoms with E-state index in [1.807, 2.05) is 5.32 Å². The molecule has 0 saturated heterocycles. The molecule has 0 aliphatic carbocycles. The number of methoxy groups -OCH3 is 1. The second-order valence-electron chi connectivity index (χ2n) is 5.82. The number of nitrogens with zero attached hydrogens (tertiary/aromatic N) is 1. The number of nitrogens with one attached hydrogen (secondary N) is 2. The largest absolute Gasteiger partial charge is 0.493 e. The first-order chi connectivity index (χ1) is 14.7. The van der Waals surface area contributed by atoms with Crippen LogP contribution in [0.15, 0.2) is 36.4 Å². The summed E-state index contributed by atoms with van der Waals surface area (Å²) in [5, 5.41) is 15.7. The Bertz CT molecular complexity index is 1010. The first kappa shape index (κ1) is 23.4. The number of nitro groups is 1. The predicted molar refractivity (Wildman–Crippen MR) is 109 cm³/mol. The van der Waals surface area contributed by atoms with Crippen LogP contribution in [0.4, 0.5) is 10.5 Å². The number of hydrogen-bond acceptors (Lipinski definition) is 8. The highest BCUT2D eigenvalue weighted by Gasteiger charge is 2.20. The van der Waals surface area contributed by atoms with E-state index in [1.54, 1.807) is 6.92 Å². The van der Waals surface area contributed by atoms with Gasteiger partial charge in [0.15, 0.2) is 18.1 Å². The van der Waals surface area contributed by atoms with Crippen LogP contribution < -0.4 is 20.1 Å². The van der Waals surface area contributed by atoms with E-state index >= 15 is 0 Å². The molecule has 0 unspecified atom stereocenters. The number of ether oxygens (including phenoxy) is 3. The van der Waals surface area contributed by atoms with Crippen molar-refractivity contribution in [3.8, 4) is 17.2 Å². The molecule has 0 fully saturated rings. The van der Waals surface area contributed by atoms with Gasteiger partial charge in [-0.05, 0) is 37.3 Å². The number of halogens is 1. The summed E-state index contributed by atoms with van der Waals surface area (Å²) in [5.74, 6) is -1.55. The highest BCUT2D eigenvalue weighted by atomic mass is 35.5. The highest BCUT2D eigenvalue weighted by molar-refractivity contribution is 6.30. The summed E-state index contributed by atoms with van der Waals surface area (Å²) >= 11 is 5.79. The lowest BCUT2D eigenvalue weighted by Gasteiger charge is -2.12. The van der Waals surface area contributed by atoms with E-state index in [-0.39, 0.29) is 33.5 Å². The fourth-order valence-corrected chi connectivity index (χ4v) is 2.47. The zero-order chi connectivity index (χ0) is 23.0. The van der Waals surface area contributed by atoms with Crippen LogP contribution in [0, 0.1) is 10.1 Å². The molecule has 2 N–H and O–H groups in total. The maximum Gasteiger partial charge on any atom is 0.338 e. The van der Waals surface area contributed by atoms with E-state index in [2.05, 4.69) is 5.32 Å². The van der Waals surface area contributed by atoms with Gasteiger partial charge in [0.25, 0.3) is 5.91 Å². The number of carbonyl (C=O) groups excluding carboxylic acids is 3. The van der Waals surface area contributed by atoms with Crippen LogP contribution in [-0.2, 0) is 9.53 Å². The monoisotopic (exact) mass is 451 g/mol. The Labute approximate surface area is 181 Å². The molecule has 31 heavy (non-hydrogen) atoms. The first-order valence-corrected chi connectivity index (χ1v) is 9.17. The fraction of sp³-hybridized carbons (Fsp3) is 0.211. The van der Waals surface area contributed by atoms with Crippen LogP contribution in [0.3, 0.4) is 0 Å². The molecule has 0 aliphatic rings. The Morgan fingerprint density at radius 1 is 1.10 bits per heavy atom. The number of urea groups is 1. The molecule has 3 amide bonds. The number of hydrogen-bond donors (Lipinski definition) is 2. The molecule has 0 bridgehead atoms. The number of esters is 1. The van der Waals surface area contributed by atoms with Gasteiger partial charge >= 0.3 is 17.7 Å². The van der Waals surface area contributed by atoms with Gasteiger partial charge < -0.3 is 19.5 Å². The molecule has 0 spiro atoms. The van der Waals surface area contributed by atoms with Crippen LogP contribution in [0.2, 0.25) is 5.02 Å². The average Bonchev–Trinajstić information content (AvgIpc) is 2.73. The average molecular weight is 452 g/mol. The molecule has 0 atom stereocenters. The minimum absolute atomic E-state index is 0.0283. The molecule has 0 radical (unpaired) electrons. The van der Waals surface area contributed by atoms with Crippen LogP contribution in [0.5, 0.6) is 17.2 Å². The molecule has 164 valence electrons. The smallest absolute Gasteiger partial charge is 0.338 e. The van der Waals surface area contributed by atoms with E-state index in [0.29, 0.717) is 6.54 Å². The Hall–Kier alpha value is -3.86. The molecule has 2 aromatic carbocycles. The molecular formula is C19H18ClN3O8.